The molecule has 2 amide bonds. The second-order valence-corrected chi connectivity index (χ2v) is 7.37. The summed E-state index contributed by atoms with van der Waals surface area (Å²) in [7, 11) is 1.35. The van der Waals surface area contributed by atoms with Crippen LogP contribution in [-0.2, 0) is 29.2 Å². The zero-order valence-electron chi connectivity index (χ0n) is 16.4. The molecule has 27 heavy (non-hydrogen) atoms. The molecule has 0 radical (unpaired) electrons. The van der Waals surface area contributed by atoms with Crippen LogP contribution < -0.4 is 5.32 Å². The van der Waals surface area contributed by atoms with Crippen LogP contribution in [0.5, 0.6) is 0 Å². The second kappa shape index (κ2) is 9.21. The topological polar surface area (TPSA) is 79.7 Å². The van der Waals surface area contributed by atoms with Gasteiger partial charge in [0.05, 0.1) is 31.6 Å². The van der Waals surface area contributed by atoms with Crippen molar-refractivity contribution in [3.63, 3.8) is 0 Å². The Balaban J connectivity index is 1.55. The molecule has 2 aliphatic heterocycles. The molecule has 8 nitrogen and oxygen atoms in total. The third kappa shape index (κ3) is 4.80. The molecule has 1 saturated heterocycles. The Bertz CT molecular complexity index is 660. The van der Waals surface area contributed by atoms with Gasteiger partial charge >= 0.3 is 6.09 Å². The fourth-order valence-corrected chi connectivity index (χ4v) is 3.87. The number of carbonyl (C=O) groups excluding carboxylic acids is 2. The number of unbranched alkanes of at least 4 members (excludes halogenated alkanes) is 1. The minimum atomic E-state index is -0.451. The molecule has 0 aliphatic carbocycles. The number of likely N-dealkylation sites (tertiary alicyclic amines) is 1. The van der Waals surface area contributed by atoms with E-state index in [0.717, 1.165) is 44.7 Å². The van der Waals surface area contributed by atoms with E-state index in [1.165, 1.54) is 30.5 Å². The highest BCUT2D eigenvalue weighted by Gasteiger charge is 2.32. The van der Waals surface area contributed by atoms with Crippen molar-refractivity contribution in [1.29, 1.82) is 0 Å². The highest BCUT2D eigenvalue weighted by atomic mass is 16.5. The van der Waals surface area contributed by atoms with Crippen LogP contribution in [-0.4, -0.2) is 64.4 Å². The Hall–Kier alpha value is -2.09. The summed E-state index contributed by atoms with van der Waals surface area (Å²) in [6.45, 7) is 7.12. The van der Waals surface area contributed by atoms with E-state index in [1.807, 2.05) is 4.68 Å². The standard InChI is InChI=1S/C19H31N5O3/c1-3-4-8-22-10-11-24-16(14-22)12-15(21-24)13-20-18(25)17-7-5-6-9-23(17)19(26)27-2/h12,17H,3-11,13-14H2,1-2H3,(H,20,25). The van der Waals surface area contributed by atoms with Crippen molar-refractivity contribution >= 4 is 12.0 Å². The molecule has 1 unspecified atom stereocenters. The minimum Gasteiger partial charge on any atom is -0.453 e. The Morgan fingerprint density at radius 1 is 1.30 bits per heavy atom. The number of hydrogen-bond acceptors (Lipinski definition) is 5. The van der Waals surface area contributed by atoms with Gasteiger partial charge in [0, 0.05) is 19.6 Å². The Morgan fingerprint density at radius 3 is 2.93 bits per heavy atom. The number of nitrogens with zero attached hydrogens (tertiary/aromatic N) is 4. The van der Waals surface area contributed by atoms with Crippen molar-refractivity contribution in [2.75, 3.05) is 26.7 Å². The molecular weight excluding hydrogens is 346 g/mol. The summed E-state index contributed by atoms with van der Waals surface area (Å²) in [5, 5.41) is 7.58. The second-order valence-electron chi connectivity index (χ2n) is 7.37. The number of hydrogen-bond donors (Lipinski definition) is 1. The summed E-state index contributed by atoms with van der Waals surface area (Å²) in [5.74, 6) is -0.129. The molecule has 0 spiro atoms. The minimum absolute atomic E-state index is 0.129. The number of carbonyl (C=O) groups is 2. The lowest BCUT2D eigenvalue weighted by Gasteiger charge is -2.33. The highest BCUT2D eigenvalue weighted by Crippen LogP contribution is 2.19. The molecule has 3 rings (SSSR count). The van der Waals surface area contributed by atoms with E-state index >= 15 is 0 Å². The summed E-state index contributed by atoms with van der Waals surface area (Å²) in [6, 6.07) is 1.63. The van der Waals surface area contributed by atoms with Crippen LogP contribution in [0.15, 0.2) is 6.07 Å². The number of ether oxygens (including phenoxy) is 1. The van der Waals surface area contributed by atoms with Crippen LogP contribution in [0.4, 0.5) is 4.79 Å². The predicted octanol–water partition coefficient (Wildman–Crippen LogP) is 1.74. The normalized spacial score (nSPS) is 20.2. The first-order valence-corrected chi connectivity index (χ1v) is 10.0. The van der Waals surface area contributed by atoms with E-state index in [2.05, 4.69) is 28.3 Å². The lowest BCUT2D eigenvalue weighted by molar-refractivity contribution is -0.127. The van der Waals surface area contributed by atoms with E-state index in [4.69, 9.17) is 4.74 Å². The van der Waals surface area contributed by atoms with Gasteiger partial charge < -0.3 is 10.1 Å². The Morgan fingerprint density at radius 2 is 2.15 bits per heavy atom. The first-order chi connectivity index (χ1) is 13.1. The lowest BCUT2D eigenvalue weighted by Crippen LogP contribution is -2.51. The van der Waals surface area contributed by atoms with Crippen LogP contribution in [0.3, 0.4) is 0 Å². The maximum Gasteiger partial charge on any atom is 0.410 e. The Kier molecular flexibility index (Phi) is 6.71. The van der Waals surface area contributed by atoms with Gasteiger partial charge in [-0.15, -0.1) is 0 Å². The third-order valence-corrected chi connectivity index (χ3v) is 5.41. The van der Waals surface area contributed by atoms with E-state index in [-0.39, 0.29) is 5.91 Å². The molecule has 1 aromatic heterocycles. The highest BCUT2D eigenvalue weighted by molar-refractivity contribution is 5.85. The number of methoxy groups -OCH3 is 1. The Labute approximate surface area is 160 Å². The third-order valence-electron chi connectivity index (χ3n) is 5.41. The van der Waals surface area contributed by atoms with Gasteiger partial charge in [0.15, 0.2) is 0 Å². The maximum absolute atomic E-state index is 12.6. The molecule has 1 N–H and O–H groups in total. The largest absolute Gasteiger partial charge is 0.453 e. The number of nitrogens with one attached hydrogen (secondary N) is 1. The zero-order valence-corrected chi connectivity index (χ0v) is 16.4. The smallest absolute Gasteiger partial charge is 0.410 e. The van der Waals surface area contributed by atoms with Gasteiger partial charge in [0.1, 0.15) is 6.04 Å². The van der Waals surface area contributed by atoms with Gasteiger partial charge in [0.2, 0.25) is 5.91 Å². The molecule has 1 aromatic rings. The van der Waals surface area contributed by atoms with Crippen molar-refractivity contribution < 1.29 is 14.3 Å². The van der Waals surface area contributed by atoms with E-state index < -0.39 is 12.1 Å². The fraction of sp³-hybridized carbons (Fsp3) is 0.737. The lowest BCUT2D eigenvalue weighted by atomic mass is 10.0. The number of amides is 2. The van der Waals surface area contributed by atoms with Gasteiger partial charge in [0.25, 0.3) is 0 Å². The van der Waals surface area contributed by atoms with Gasteiger partial charge in [-0.25, -0.2) is 4.79 Å². The summed E-state index contributed by atoms with van der Waals surface area (Å²) >= 11 is 0. The van der Waals surface area contributed by atoms with Crippen LogP contribution in [0.1, 0.15) is 50.4 Å². The van der Waals surface area contributed by atoms with Crippen molar-refractivity contribution in [1.82, 2.24) is 24.9 Å². The van der Waals surface area contributed by atoms with Gasteiger partial charge in [-0.3, -0.25) is 19.3 Å². The van der Waals surface area contributed by atoms with Crippen molar-refractivity contribution in [3.05, 3.63) is 17.5 Å². The molecule has 0 saturated carbocycles. The molecular formula is C19H31N5O3. The first-order valence-electron chi connectivity index (χ1n) is 10.0. The zero-order chi connectivity index (χ0) is 19.2. The van der Waals surface area contributed by atoms with Crippen LogP contribution >= 0.6 is 0 Å². The van der Waals surface area contributed by atoms with E-state index in [0.29, 0.717) is 19.5 Å². The molecule has 3 heterocycles. The fourth-order valence-electron chi connectivity index (χ4n) is 3.87. The SMILES string of the molecule is CCCCN1CCn2nc(CNC(=O)C3CCCCN3C(=O)OC)cc2C1. The monoisotopic (exact) mass is 377 g/mol. The summed E-state index contributed by atoms with van der Waals surface area (Å²) in [5.41, 5.74) is 2.08. The summed E-state index contributed by atoms with van der Waals surface area (Å²) in [4.78, 5) is 28.5. The molecule has 1 fully saturated rings. The number of aromatic nitrogens is 2. The summed E-state index contributed by atoms with van der Waals surface area (Å²) < 4.78 is 6.86. The van der Waals surface area contributed by atoms with Crippen LogP contribution in [0, 0.1) is 0 Å². The average molecular weight is 377 g/mol. The van der Waals surface area contributed by atoms with Crippen LogP contribution in [0.2, 0.25) is 0 Å². The maximum atomic E-state index is 12.6. The van der Waals surface area contributed by atoms with Crippen molar-refractivity contribution in [3.8, 4) is 0 Å². The predicted molar refractivity (Wildman–Crippen MR) is 101 cm³/mol. The number of fused-ring (bicyclic) bond motifs is 1. The molecule has 0 aromatic carbocycles. The molecule has 1 atom stereocenters. The molecule has 8 heteroatoms. The van der Waals surface area contributed by atoms with E-state index in [1.54, 1.807) is 0 Å². The van der Waals surface area contributed by atoms with Gasteiger partial charge in [-0.2, -0.15) is 5.10 Å². The molecule has 2 aliphatic rings. The first kappa shape index (κ1) is 19.7. The summed E-state index contributed by atoms with van der Waals surface area (Å²) in [6.07, 6.45) is 4.51. The van der Waals surface area contributed by atoms with Gasteiger partial charge in [-0.05, 0) is 38.3 Å². The molecule has 0 bridgehead atoms. The number of rotatable bonds is 6. The van der Waals surface area contributed by atoms with Crippen molar-refractivity contribution in [2.24, 2.45) is 0 Å². The molecule has 150 valence electrons. The van der Waals surface area contributed by atoms with Gasteiger partial charge in [-0.1, -0.05) is 13.3 Å². The van der Waals surface area contributed by atoms with Crippen molar-refractivity contribution in [2.45, 2.75) is 64.7 Å². The van der Waals surface area contributed by atoms with Crippen LogP contribution in [0.25, 0.3) is 0 Å². The number of piperidine rings is 1. The quantitative estimate of drug-likeness (QED) is 0.817. The van der Waals surface area contributed by atoms with E-state index in [9.17, 15) is 9.59 Å². The average Bonchev–Trinajstić information content (AvgIpc) is 3.12.